The Labute approximate surface area is 191 Å². The number of carbonyl (C=O) groups is 3. The first-order valence-corrected chi connectivity index (χ1v) is 11.7. The van der Waals surface area contributed by atoms with Gasteiger partial charge in [0.25, 0.3) is 11.8 Å². The molecule has 1 fully saturated rings. The molecule has 32 heavy (non-hydrogen) atoms. The lowest BCUT2D eigenvalue weighted by atomic mass is 9.77. The van der Waals surface area contributed by atoms with Crippen LogP contribution >= 0.6 is 11.3 Å². The van der Waals surface area contributed by atoms with Crippen LogP contribution in [0.15, 0.2) is 48.5 Å². The molecule has 4 N–H and O–H groups in total. The molecule has 3 aromatic rings. The third kappa shape index (κ3) is 4.83. The van der Waals surface area contributed by atoms with Gasteiger partial charge in [0.1, 0.15) is 0 Å². The Kier molecular flexibility index (Phi) is 6.55. The quantitative estimate of drug-likeness (QED) is 0.510. The maximum Gasteiger partial charge on any atom is 0.259 e. The summed E-state index contributed by atoms with van der Waals surface area (Å²) in [4.78, 5) is 36.3. The first-order chi connectivity index (χ1) is 15.4. The van der Waals surface area contributed by atoms with Crippen molar-refractivity contribution in [1.29, 1.82) is 0 Å². The summed E-state index contributed by atoms with van der Waals surface area (Å²) in [6, 6.07) is 15.0. The molecule has 166 valence electrons. The minimum absolute atomic E-state index is 0.110. The smallest absolute Gasteiger partial charge is 0.259 e. The second-order valence-corrected chi connectivity index (χ2v) is 9.44. The van der Waals surface area contributed by atoms with E-state index in [-0.39, 0.29) is 17.7 Å². The number of nitrogens with two attached hydrogens (primary N) is 1. The van der Waals surface area contributed by atoms with Gasteiger partial charge in [0.2, 0.25) is 5.91 Å². The van der Waals surface area contributed by atoms with Crippen molar-refractivity contribution in [2.75, 3.05) is 11.9 Å². The molecule has 0 bridgehead atoms. The van der Waals surface area contributed by atoms with Gasteiger partial charge in [-0.05, 0) is 78.8 Å². The van der Waals surface area contributed by atoms with Gasteiger partial charge >= 0.3 is 0 Å². The van der Waals surface area contributed by atoms with E-state index in [1.165, 1.54) is 18.3 Å². The topological polar surface area (TPSA) is 101 Å². The third-order valence-corrected chi connectivity index (χ3v) is 7.33. The number of hydrogen-bond acceptors (Lipinski definition) is 4. The van der Waals surface area contributed by atoms with Crippen molar-refractivity contribution in [3.8, 4) is 0 Å². The molecule has 1 aromatic heterocycles. The Morgan fingerprint density at radius 2 is 1.69 bits per heavy atom. The predicted molar refractivity (Wildman–Crippen MR) is 128 cm³/mol. The Morgan fingerprint density at radius 3 is 2.34 bits per heavy atom. The minimum atomic E-state index is -0.347. The first-order valence-electron chi connectivity index (χ1n) is 10.9. The number of nitrogens with one attached hydrogen (secondary N) is 2. The summed E-state index contributed by atoms with van der Waals surface area (Å²) in [5, 5.41) is 6.88. The highest BCUT2D eigenvalue weighted by Gasteiger charge is 2.28. The average Bonchev–Trinajstić information content (AvgIpc) is 3.18. The van der Waals surface area contributed by atoms with Crippen LogP contribution in [-0.2, 0) is 4.79 Å². The maximum atomic E-state index is 12.5. The summed E-state index contributed by atoms with van der Waals surface area (Å²) in [7, 11) is 0. The molecular weight excluding hydrogens is 422 g/mol. The molecule has 4 rings (SSSR count). The Balaban J connectivity index is 1.34. The number of amides is 3. The molecular formula is C25H27N3O3S. The number of fused-ring (bicyclic) bond motifs is 1. The standard InChI is InChI=1S/C25H27N3O3S/c1-15(29)28-19-12-10-18(11-13-19)25(31)27-14-16-6-8-17(9-7-16)22-20-4-2-3-5-21(20)32-23(22)24(26)30/h2-5,10-13,16-17H,6-9,14H2,1H3,(H2,26,30)(H,27,31)(H,28,29). The minimum Gasteiger partial charge on any atom is -0.365 e. The van der Waals surface area contributed by atoms with E-state index in [9.17, 15) is 14.4 Å². The zero-order chi connectivity index (χ0) is 22.7. The van der Waals surface area contributed by atoms with Crippen LogP contribution in [0.25, 0.3) is 10.1 Å². The Bertz CT molecular complexity index is 1140. The van der Waals surface area contributed by atoms with Crippen LogP contribution in [0.3, 0.4) is 0 Å². The largest absolute Gasteiger partial charge is 0.365 e. The van der Waals surface area contributed by atoms with Crippen molar-refractivity contribution in [1.82, 2.24) is 5.32 Å². The van der Waals surface area contributed by atoms with Gasteiger partial charge in [-0.2, -0.15) is 0 Å². The summed E-state index contributed by atoms with van der Waals surface area (Å²) in [5.41, 5.74) is 8.04. The van der Waals surface area contributed by atoms with Crippen LogP contribution < -0.4 is 16.4 Å². The lowest BCUT2D eigenvalue weighted by Gasteiger charge is -2.29. The van der Waals surface area contributed by atoms with Crippen LogP contribution in [0.1, 0.15) is 64.1 Å². The second-order valence-electron chi connectivity index (χ2n) is 8.39. The predicted octanol–water partition coefficient (Wildman–Crippen LogP) is 4.66. The highest BCUT2D eigenvalue weighted by molar-refractivity contribution is 7.21. The number of anilines is 1. The molecule has 3 amide bonds. The third-order valence-electron chi connectivity index (χ3n) is 6.13. The van der Waals surface area contributed by atoms with Crippen LogP contribution in [0.5, 0.6) is 0 Å². The van der Waals surface area contributed by atoms with E-state index in [2.05, 4.69) is 16.7 Å². The Morgan fingerprint density at radius 1 is 1.00 bits per heavy atom. The van der Waals surface area contributed by atoms with Crippen LogP contribution in [-0.4, -0.2) is 24.3 Å². The highest BCUT2D eigenvalue weighted by atomic mass is 32.1. The summed E-state index contributed by atoms with van der Waals surface area (Å²) in [6.45, 7) is 2.08. The van der Waals surface area contributed by atoms with Gasteiger partial charge in [-0.25, -0.2) is 0 Å². The number of thiophene rings is 1. The zero-order valence-electron chi connectivity index (χ0n) is 18.0. The molecule has 1 aliphatic carbocycles. The molecule has 1 heterocycles. The molecule has 0 aliphatic heterocycles. The van der Waals surface area contributed by atoms with Crippen molar-refractivity contribution in [3.05, 3.63) is 64.5 Å². The molecule has 0 spiro atoms. The van der Waals surface area contributed by atoms with Gasteiger partial charge in [-0.1, -0.05) is 18.2 Å². The van der Waals surface area contributed by atoms with Gasteiger partial charge in [0.15, 0.2) is 0 Å². The van der Waals surface area contributed by atoms with Crippen LogP contribution in [0.2, 0.25) is 0 Å². The number of benzene rings is 2. The Hall–Kier alpha value is -3.19. The maximum absolute atomic E-state index is 12.5. The summed E-state index contributed by atoms with van der Waals surface area (Å²) < 4.78 is 1.11. The fourth-order valence-corrected chi connectivity index (χ4v) is 5.70. The second kappa shape index (κ2) is 9.53. The summed E-state index contributed by atoms with van der Waals surface area (Å²) in [5.74, 6) is 0.135. The molecule has 2 aromatic carbocycles. The number of hydrogen-bond donors (Lipinski definition) is 3. The molecule has 0 saturated heterocycles. The van der Waals surface area contributed by atoms with Crippen molar-refractivity contribution in [3.63, 3.8) is 0 Å². The van der Waals surface area contributed by atoms with E-state index < -0.39 is 0 Å². The molecule has 1 aliphatic rings. The molecule has 6 nitrogen and oxygen atoms in total. The lowest BCUT2D eigenvalue weighted by Crippen LogP contribution is -2.31. The van der Waals surface area contributed by atoms with Gasteiger partial charge < -0.3 is 16.4 Å². The lowest BCUT2D eigenvalue weighted by molar-refractivity contribution is -0.114. The van der Waals surface area contributed by atoms with E-state index in [0.29, 0.717) is 34.5 Å². The number of carbonyl (C=O) groups excluding carboxylic acids is 3. The summed E-state index contributed by atoms with van der Waals surface area (Å²) in [6.07, 6.45) is 3.95. The highest BCUT2D eigenvalue weighted by Crippen LogP contribution is 2.43. The van der Waals surface area contributed by atoms with E-state index in [4.69, 9.17) is 5.73 Å². The normalized spacial score (nSPS) is 18.3. The zero-order valence-corrected chi connectivity index (χ0v) is 18.8. The first kappa shape index (κ1) is 22.0. The van der Waals surface area contributed by atoms with Crippen molar-refractivity contribution in [2.45, 2.75) is 38.5 Å². The van der Waals surface area contributed by atoms with Crippen molar-refractivity contribution < 1.29 is 14.4 Å². The van der Waals surface area contributed by atoms with E-state index in [1.54, 1.807) is 24.3 Å². The summed E-state index contributed by atoms with van der Waals surface area (Å²) >= 11 is 1.49. The monoisotopic (exact) mass is 449 g/mol. The van der Waals surface area contributed by atoms with E-state index >= 15 is 0 Å². The molecule has 1 saturated carbocycles. The van der Waals surface area contributed by atoms with Gasteiger partial charge in [-0.3, -0.25) is 14.4 Å². The van der Waals surface area contributed by atoms with Crippen molar-refractivity contribution in [2.24, 2.45) is 11.7 Å². The van der Waals surface area contributed by atoms with Gasteiger partial charge in [0.05, 0.1) is 4.88 Å². The molecule has 0 atom stereocenters. The molecule has 0 radical (unpaired) electrons. The van der Waals surface area contributed by atoms with Crippen molar-refractivity contribution >= 4 is 44.8 Å². The number of rotatable bonds is 6. The van der Waals surface area contributed by atoms with Crippen LogP contribution in [0.4, 0.5) is 5.69 Å². The average molecular weight is 450 g/mol. The molecule has 7 heteroatoms. The van der Waals surface area contributed by atoms with E-state index in [1.807, 2.05) is 18.2 Å². The fraction of sp³-hybridized carbons (Fsp3) is 0.320. The fourth-order valence-electron chi connectivity index (χ4n) is 4.56. The molecule has 0 unspecified atom stereocenters. The van der Waals surface area contributed by atoms with Crippen LogP contribution in [0, 0.1) is 5.92 Å². The van der Waals surface area contributed by atoms with E-state index in [0.717, 1.165) is 41.3 Å². The van der Waals surface area contributed by atoms with Gasteiger partial charge in [0, 0.05) is 29.4 Å². The SMILES string of the molecule is CC(=O)Nc1ccc(C(=O)NCC2CCC(c3c(C(N)=O)sc4ccccc34)CC2)cc1. The number of primary amides is 1. The van der Waals surface area contributed by atoms with Gasteiger partial charge in [-0.15, -0.1) is 11.3 Å².